The third kappa shape index (κ3) is 8.16. The van der Waals surface area contributed by atoms with Crippen molar-refractivity contribution in [2.24, 2.45) is 0 Å². The second kappa shape index (κ2) is 14.8. The van der Waals surface area contributed by atoms with Crippen molar-refractivity contribution in [3.63, 3.8) is 0 Å². The van der Waals surface area contributed by atoms with Gasteiger partial charge < -0.3 is 19.4 Å². The number of carbonyl (C=O) groups is 1. The van der Waals surface area contributed by atoms with Crippen LogP contribution in [0.5, 0.6) is 0 Å². The summed E-state index contributed by atoms with van der Waals surface area (Å²) in [5, 5.41) is 5.56. The first-order valence-electron chi connectivity index (χ1n) is 16.9. The Balaban J connectivity index is 1.43. The Labute approximate surface area is 286 Å². The number of amides is 1. The van der Waals surface area contributed by atoms with Crippen LogP contribution in [-0.4, -0.2) is 44.2 Å². The molecule has 4 aromatic rings. The van der Waals surface area contributed by atoms with Crippen molar-refractivity contribution in [1.82, 2.24) is 10.3 Å². The number of hydrogen-bond acceptors (Lipinski definition) is 6. The number of benzene rings is 3. The zero-order chi connectivity index (χ0) is 33.7. The van der Waals surface area contributed by atoms with E-state index in [0.29, 0.717) is 19.2 Å². The lowest BCUT2D eigenvalue weighted by molar-refractivity contribution is 0.0523. The highest BCUT2D eigenvalue weighted by Crippen LogP contribution is 2.38. The number of alkyl carbamates (subject to hydrolysis) is 1. The SMILES string of the molecule is Cc1ncsc1-c1ccc(CNC(=O)OC(C)(C)C)c(N(CCCO[Si](c2ccccc2)(c2ccccc2)C(C)(C)C)C2CCC2)c1. The van der Waals surface area contributed by atoms with E-state index in [0.717, 1.165) is 42.6 Å². The maximum Gasteiger partial charge on any atom is 0.407 e. The second-order valence-electron chi connectivity index (χ2n) is 14.6. The number of aromatic nitrogens is 1. The average molecular weight is 670 g/mol. The molecule has 1 heterocycles. The fourth-order valence-electron chi connectivity index (χ4n) is 6.60. The van der Waals surface area contributed by atoms with Crippen LogP contribution in [0.1, 0.15) is 78.5 Å². The molecule has 1 saturated carbocycles. The Morgan fingerprint density at radius 3 is 2.11 bits per heavy atom. The quantitative estimate of drug-likeness (QED) is 0.121. The van der Waals surface area contributed by atoms with E-state index in [1.165, 1.54) is 27.4 Å². The lowest BCUT2D eigenvalue weighted by atomic mass is 9.90. The van der Waals surface area contributed by atoms with Gasteiger partial charge in [0.2, 0.25) is 0 Å². The van der Waals surface area contributed by atoms with Crippen LogP contribution in [0.3, 0.4) is 0 Å². The summed E-state index contributed by atoms with van der Waals surface area (Å²) in [7, 11) is -2.62. The molecule has 1 aliphatic rings. The molecule has 0 aliphatic heterocycles. The minimum Gasteiger partial charge on any atom is -0.444 e. The number of aryl methyl sites for hydroxylation is 1. The Kier molecular flexibility index (Phi) is 10.9. The van der Waals surface area contributed by atoms with E-state index in [-0.39, 0.29) is 5.04 Å². The Morgan fingerprint density at radius 2 is 1.60 bits per heavy atom. The molecule has 1 fully saturated rings. The zero-order valence-corrected chi connectivity index (χ0v) is 31.0. The van der Waals surface area contributed by atoms with Crippen molar-refractivity contribution in [1.29, 1.82) is 0 Å². The van der Waals surface area contributed by atoms with Gasteiger partial charge in [0.25, 0.3) is 8.32 Å². The highest BCUT2D eigenvalue weighted by Gasteiger charge is 2.50. The first-order valence-corrected chi connectivity index (χ1v) is 19.7. The molecule has 0 atom stereocenters. The van der Waals surface area contributed by atoms with Crippen molar-refractivity contribution < 1.29 is 14.0 Å². The van der Waals surface area contributed by atoms with Crippen LogP contribution in [-0.2, 0) is 15.7 Å². The normalized spacial score (nSPS) is 14.0. The number of anilines is 1. The number of nitrogens with one attached hydrogen (secondary N) is 1. The molecule has 0 bridgehead atoms. The average Bonchev–Trinajstić information content (AvgIpc) is 3.43. The third-order valence-corrected chi connectivity index (χ3v) is 15.0. The van der Waals surface area contributed by atoms with Gasteiger partial charge in [-0.15, -0.1) is 11.3 Å². The minimum atomic E-state index is -2.62. The maximum absolute atomic E-state index is 12.7. The lowest BCUT2D eigenvalue weighted by Gasteiger charge is -2.44. The summed E-state index contributed by atoms with van der Waals surface area (Å²) in [6.45, 7) is 16.6. The third-order valence-electron chi connectivity index (χ3n) is 9.02. The second-order valence-corrected chi connectivity index (χ2v) is 19.8. The van der Waals surface area contributed by atoms with Gasteiger partial charge in [-0.2, -0.15) is 0 Å². The van der Waals surface area contributed by atoms with Crippen LogP contribution in [0.25, 0.3) is 10.4 Å². The van der Waals surface area contributed by atoms with Gasteiger partial charge in [0.1, 0.15) is 5.60 Å². The van der Waals surface area contributed by atoms with Gasteiger partial charge in [0.05, 0.1) is 16.1 Å². The molecule has 0 radical (unpaired) electrons. The molecule has 1 N–H and O–H groups in total. The standard InChI is InChI=1S/C39H51N3O3SSi/c1-29-36(46-28-41-29)30-22-23-31(27-40-37(43)45-38(2,3)4)35(26-30)42(32-16-14-17-32)24-15-25-44-47(39(5,6)7,33-18-10-8-11-19-33)34-20-12-9-13-21-34/h8-13,18-23,26,28,32H,14-17,24-25,27H2,1-7H3,(H,40,43). The van der Waals surface area contributed by atoms with E-state index in [1.54, 1.807) is 11.3 Å². The van der Waals surface area contributed by atoms with Crippen LogP contribution in [0.15, 0.2) is 84.4 Å². The topological polar surface area (TPSA) is 63.7 Å². The van der Waals surface area contributed by atoms with Crippen LogP contribution >= 0.6 is 11.3 Å². The van der Waals surface area contributed by atoms with E-state index in [4.69, 9.17) is 9.16 Å². The van der Waals surface area contributed by atoms with E-state index >= 15 is 0 Å². The first-order chi connectivity index (χ1) is 22.4. The maximum atomic E-state index is 12.7. The number of ether oxygens (including phenoxy) is 1. The molecule has 47 heavy (non-hydrogen) atoms. The summed E-state index contributed by atoms with van der Waals surface area (Å²) in [6.07, 6.45) is 4.05. The highest BCUT2D eigenvalue weighted by atomic mass is 32.1. The summed E-state index contributed by atoms with van der Waals surface area (Å²) in [5.74, 6) is 0. The van der Waals surface area contributed by atoms with Crippen molar-refractivity contribution >= 4 is 41.8 Å². The van der Waals surface area contributed by atoms with Crippen molar-refractivity contribution in [2.45, 2.75) is 97.4 Å². The molecule has 3 aromatic carbocycles. The molecule has 0 saturated heterocycles. The van der Waals surface area contributed by atoms with E-state index in [2.05, 4.69) is 122 Å². The minimum absolute atomic E-state index is 0.0647. The first kappa shape index (κ1) is 34.9. The van der Waals surface area contributed by atoms with Gasteiger partial charge in [-0.05, 0) is 86.0 Å². The van der Waals surface area contributed by atoms with E-state index in [1.807, 2.05) is 26.3 Å². The van der Waals surface area contributed by atoms with E-state index < -0.39 is 20.0 Å². The highest BCUT2D eigenvalue weighted by molar-refractivity contribution is 7.13. The number of rotatable bonds is 12. The summed E-state index contributed by atoms with van der Waals surface area (Å²) >= 11 is 1.67. The van der Waals surface area contributed by atoms with Gasteiger partial charge in [0, 0.05) is 31.4 Å². The molecule has 5 rings (SSSR count). The predicted molar refractivity (Wildman–Crippen MR) is 199 cm³/mol. The van der Waals surface area contributed by atoms with Gasteiger partial charge in [-0.25, -0.2) is 9.78 Å². The monoisotopic (exact) mass is 669 g/mol. The van der Waals surface area contributed by atoms with Crippen molar-refractivity contribution in [3.8, 4) is 10.4 Å². The Hall–Kier alpha value is -3.46. The van der Waals surface area contributed by atoms with Crippen molar-refractivity contribution in [2.75, 3.05) is 18.1 Å². The van der Waals surface area contributed by atoms with Gasteiger partial charge in [0.15, 0.2) is 0 Å². The molecule has 0 unspecified atom stereocenters. The Bertz CT molecular complexity index is 1570. The van der Waals surface area contributed by atoms with Crippen molar-refractivity contribution in [3.05, 3.63) is 95.6 Å². The van der Waals surface area contributed by atoms with Crippen LogP contribution in [0.2, 0.25) is 5.04 Å². The van der Waals surface area contributed by atoms with Gasteiger partial charge in [-0.3, -0.25) is 0 Å². The summed E-state index contributed by atoms with van der Waals surface area (Å²) in [5.41, 5.74) is 5.81. The van der Waals surface area contributed by atoms with Crippen LogP contribution in [0.4, 0.5) is 10.5 Å². The van der Waals surface area contributed by atoms with Gasteiger partial charge >= 0.3 is 6.09 Å². The molecule has 1 aliphatic carbocycles. The summed E-state index contributed by atoms with van der Waals surface area (Å²) in [6, 6.07) is 28.8. The number of hydrogen-bond donors (Lipinski definition) is 1. The number of carbonyl (C=O) groups excluding carboxylic acids is 1. The summed E-state index contributed by atoms with van der Waals surface area (Å²) in [4.78, 5) is 20.9. The molecular weight excluding hydrogens is 619 g/mol. The van der Waals surface area contributed by atoms with Crippen LogP contribution in [0, 0.1) is 6.92 Å². The largest absolute Gasteiger partial charge is 0.444 e. The van der Waals surface area contributed by atoms with Crippen LogP contribution < -0.4 is 20.6 Å². The smallest absolute Gasteiger partial charge is 0.407 e. The fraction of sp³-hybridized carbons (Fsp3) is 0.436. The molecule has 8 heteroatoms. The Morgan fingerprint density at radius 1 is 0.957 bits per heavy atom. The summed E-state index contributed by atoms with van der Waals surface area (Å²) < 4.78 is 12.8. The van der Waals surface area contributed by atoms with E-state index in [9.17, 15) is 4.79 Å². The molecule has 1 aromatic heterocycles. The zero-order valence-electron chi connectivity index (χ0n) is 29.1. The fourth-order valence-corrected chi connectivity index (χ4v) is 12.0. The molecular formula is C39H51N3O3SSi. The van der Waals surface area contributed by atoms with Gasteiger partial charge in [-0.1, -0.05) is 93.6 Å². The molecule has 250 valence electrons. The molecule has 0 spiro atoms. The lowest BCUT2D eigenvalue weighted by Crippen LogP contribution is -2.66. The number of thiazole rings is 1. The predicted octanol–water partition coefficient (Wildman–Crippen LogP) is 8.47. The number of nitrogens with zero attached hydrogens (tertiary/aromatic N) is 2. The molecule has 1 amide bonds. The molecule has 6 nitrogen and oxygen atoms in total.